The molecule has 1 aromatic rings. The van der Waals surface area contributed by atoms with Gasteiger partial charge in [0, 0.05) is 12.2 Å². The number of aromatic nitrogens is 2. The number of hydrogen-bond donors (Lipinski definition) is 1. The van der Waals surface area contributed by atoms with Crippen LogP contribution in [0.4, 0.5) is 0 Å². The van der Waals surface area contributed by atoms with Gasteiger partial charge in [-0.05, 0) is 6.42 Å². The van der Waals surface area contributed by atoms with Crippen molar-refractivity contribution in [2.75, 3.05) is 6.54 Å². The molecule has 0 fully saturated rings. The number of rotatable bonds is 4. The molecule has 2 rings (SSSR count). The van der Waals surface area contributed by atoms with Crippen LogP contribution in [-0.4, -0.2) is 27.1 Å². The zero-order chi connectivity index (χ0) is 11.4. The lowest BCUT2D eigenvalue weighted by molar-refractivity contribution is 0.387. The first kappa shape index (κ1) is 11.4. The smallest absolute Gasteiger partial charge is 0.223 e. The lowest BCUT2D eigenvalue weighted by Gasteiger charge is -2.05. The van der Waals surface area contributed by atoms with Crippen LogP contribution >= 0.6 is 11.8 Å². The molecule has 1 N–H and O–H groups in total. The fourth-order valence-corrected chi connectivity index (χ4v) is 2.68. The van der Waals surface area contributed by atoms with Gasteiger partial charge in [-0.25, -0.2) is 0 Å². The van der Waals surface area contributed by atoms with Gasteiger partial charge in [-0.2, -0.15) is 4.98 Å². The number of aryl methyl sites for hydroxylation is 1. The van der Waals surface area contributed by atoms with Crippen molar-refractivity contribution in [1.82, 2.24) is 15.5 Å². The molecule has 0 spiro atoms. The second kappa shape index (κ2) is 5.34. The van der Waals surface area contributed by atoms with Crippen molar-refractivity contribution < 1.29 is 4.52 Å². The summed E-state index contributed by atoms with van der Waals surface area (Å²) < 4.78 is 4.89. The molecule has 6 heteroatoms. The van der Waals surface area contributed by atoms with Gasteiger partial charge in [-0.15, -0.1) is 0 Å². The van der Waals surface area contributed by atoms with E-state index in [1.54, 1.807) is 6.92 Å². The molecule has 1 aliphatic rings. The van der Waals surface area contributed by atoms with E-state index in [2.05, 4.69) is 27.4 Å². The molecule has 16 heavy (non-hydrogen) atoms. The Hall–Kier alpha value is -1.04. The van der Waals surface area contributed by atoms with Gasteiger partial charge in [-0.1, -0.05) is 30.3 Å². The van der Waals surface area contributed by atoms with E-state index >= 15 is 0 Å². The summed E-state index contributed by atoms with van der Waals surface area (Å²) in [7, 11) is 0. The highest BCUT2D eigenvalue weighted by atomic mass is 32.2. The summed E-state index contributed by atoms with van der Waals surface area (Å²) in [6.45, 7) is 5.50. The van der Waals surface area contributed by atoms with Crippen LogP contribution in [0.5, 0.6) is 0 Å². The molecule has 0 aliphatic carbocycles. The van der Waals surface area contributed by atoms with E-state index in [-0.39, 0.29) is 0 Å². The minimum atomic E-state index is 0.585. The molecule has 0 radical (unpaired) electrons. The van der Waals surface area contributed by atoms with E-state index in [4.69, 9.17) is 4.52 Å². The van der Waals surface area contributed by atoms with E-state index in [0.29, 0.717) is 23.5 Å². The Morgan fingerprint density at radius 3 is 3.12 bits per heavy atom. The van der Waals surface area contributed by atoms with Crippen molar-refractivity contribution in [3.8, 4) is 0 Å². The Morgan fingerprint density at radius 2 is 2.44 bits per heavy atom. The Bertz CT molecular complexity index is 377. The number of amidine groups is 1. The summed E-state index contributed by atoms with van der Waals surface area (Å²) in [4.78, 5) is 8.56. The summed E-state index contributed by atoms with van der Waals surface area (Å²) in [6.07, 6.45) is 2.44. The lowest BCUT2D eigenvalue weighted by atomic mass is 10.2. The lowest BCUT2D eigenvalue weighted by Crippen LogP contribution is -2.19. The van der Waals surface area contributed by atoms with Crippen molar-refractivity contribution in [3.63, 3.8) is 0 Å². The zero-order valence-electron chi connectivity index (χ0n) is 9.56. The largest absolute Gasteiger partial charge is 0.357 e. The number of nitrogens with zero attached hydrogens (tertiary/aromatic N) is 3. The van der Waals surface area contributed by atoms with Crippen LogP contribution < -0.4 is 5.32 Å². The van der Waals surface area contributed by atoms with E-state index < -0.39 is 0 Å². The average Bonchev–Trinajstić information content (AvgIpc) is 2.85. The van der Waals surface area contributed by atoms with Crippen molar-refractivity contribution >= 4 is 16.9 Å². The number of aliphatic imine (C=N–C) groups is 1. The molecule has 0 saturated heterocycles. The molecule has 88 valence electrons. The summed E-state index contributed by atoms with van der Waals surface area (Å²) in [6, 6.07) is 0. The van der Waals surface area contributed by atoms with Crippen LogP contribution in [0.3, 0.4) is 0 Å². The zero-order valence-corrected chi connectivity index (χ0v) is 10.4. The highest BCUT2D eigenvalue weighted by Gasteiger charge is 2.18. The molecule has 0 aromatic carbocycles. The molecule has 0 amide bonds. The van der Waals surface area contributed by atoms with Gasteiger partial charge in [0.2, 0.25) is 5.89 Å². The van der Waals surface area contributed by atoms with Gasteiger partial charge in [0.1, 0.15) is 0 Å². The Labute approximate surface area is 99.1 Å². The molecular formula is C10H16N4OS. The predicted molar refractivity (Wildman–Crippen MR) is 64.5 cm³/mol. The van der Waals surface area contributed by atoms with Crippen molar-refractivity contribution in [3.05, 3.63) is 11.7 Å². The molecule has 5 nitrogen and oxygen atoms in total. The van der Waals surface area contributed by atoms with Crippen LogP contribution in [0.25, 0.3) is 0 Å². The molecule has 0 bridgehead atoms. The second-order valence-electron chi connectivity index (χ2n) is 3.76. The fraction of sp³-hybridized carbons (Fsp3) is 0.700. The Morgan fingerprint density at radius 1 is 1.56 bits per heavy atom. The van der Waals surface area contributed by atoms with Crippen LogP contribution in [0.2, 0.25) is 0 Å². The third-order valence-electron chi connectivity index (χ3n) is 2.29. The highest BCUT2D eigenvalue weighted by molar-refractivity contribution is 8.14. The van der Waals surface area contributed by atoms with E-state index in [9.17, 15) is 0 Å². The van der Waals surface area contributed by atoms with Crippen LogP contribution in [-0.2, 0) is 6.54 Å². The molecular weight excluding hydrogens is 224 g/mol. The minimum absolute atomic E-state index is 0.585. The fourth-order valence-electron chi connectivity index (χ4n) is 1.55. The highest BCUT2D eigenvalue weighted by Crippen LogP contribution is 2.23. The maximum Gasteiger partial charge on any atom is 0.223 e. The first-order chi connectivity index (χ1) is 7.78. The third kappa shape index (κ3) is 2.98. The summed E-state index contributed by atoms with van der Waals surface area (Å²) in [5.74, 6) is 1.28. The molecule has 2 heterocycles. The number of thioether (sulfide) groups is 1. The molecule has 1 aromatic heterocycles. The normalized spacial score (nSPS) is 19.9. The summed E-state index contributed by atoms with van der Waals surface area (Å²) in [5, 5.41) is 8.69. The van der Waals surface area contributed by atoms with Crippen LogP contribution in [0, 0.1) is 6.92 Å². The van der Waals surface area contributed by atoms with Crippen LogP contribution in [0.15, 0.2) is 9.52 Å². The first-order valence-electron chi connectivity index (χ1n) is 5.52. The van der Waals surface area contributed by atoms with Crippen molar-refractivity contribution in [1.29, 1.82) is 0 Å². The maximum absolute atomic E-state index is 4.89. The predicted octanol–water partition coefficient (Wildman–Crippen LogP) is 1.74. The second-order valence-corrected chi connectivity index (χ2v) is 5.05. The molecule has 1 atom stereocenters. The molecule has 0 saturated carbocycles. The topological polar surface area (TPSA) is 63.3 Å². The summed E-state index contributed by atoms with van der Waals surface area (Å²) >= 11 is 1.81. The minimum Gasteiger partial charge on any atom is -0.357 e. The van der Waals surface area contributed by atoms with E-state index in [1.165, 1.54) is 12.8 Å². The quantitative estimate of drug-likeness (QED) is 0.868. The third-order valence-corrected chi connectivity index (χ3v) is 3.51. The number of nitrogens with one attached hydrogen (secondary N) is 1. The maximum atomic E-state index is 4.89. The van der Waals surface area contributed by atoms with Gasteiger partial charge < -0.3 is 9.84 Å². The number of hydrogen-bond acceptors (Lipinski definition) is 6. The van der Waals surface area contributed by atoms with E-state index in [1.807, 2.05) is 11.8 Å². The monoisotopic (exact) mass is 240 g/mol. The van der Waals surface area contributed by atoms with Crippen molar-refractivity contribution in [2.24, 2.45) is 4.99 Å². The molecule has 1 unspecified atom stereocenters. The van der Waals surface area contributed by atoms with Gasteiger partial charge in [0.15, 0.2) is 11.0 Å². The van der Waals surface area contributed by atoms with Gasteiger partial charge >= 0.3 is 0 Å². The van der Waals surface area contributed by atoms with Gasteiger partial charge in [0.05, 0.1) is 13.1 Å². The summed E-state index contributed by atoms with van der Waals surface area (Å²) in [5.41, 5.74) is 0. The SMILES string of the molecule is CCCC1CN=C(NCc2noc(C)n2)S1. The van der Waals surface area contributed by atoms with E-state index in [0.717, 1.165) is 11.7 Å². The van der Waals surface area contributed by atoms with Crippen LogP contribution in [0.1, 0.15) is 31.5 Å². The Balaban J connectivity index is 1.75. The average molecular weight is 240 g/mol. The van der Waals surface area contributed by atoms with Crippen molar-refractivity contribution in [2.45, 2.75) is 38.5 Å². The standard InChI is InChI=1S/C10H16N4OS/c1-3-4-8-5-11-10(16-8)12-6-9-13-7(2)15-14-9/h8H,3-6H2,1-2H3,(H,11,12). The van der Waals surface area contributed by atoms with Gasteiger partial charge in [-0.3, -0.25) is 4.99 Å². The molecule has 1 aliphatic heterocycles. The Kier molecular flexibility index (Phi) is 3.82. The first-order valence-corrected chi connectivity index (χ1v) is 6.40. The van der Waals surface area contributed by atoms with Gasteiger partial charge in [0.25, 0.3) is 0 Å².